The fourth-order valence-corrected chi connectivity index (χ4v) is 4.30. The molecular weight excluding hydrogens is 410 g/mol. The summed E-state index contributed by atoms with van der Waals surface area (Å²) in [5.74, 6) is 0.950. The molecule has 0 unspecified atom stereocenters. The molecule has 3 rings (SSSR count). The molecule has 2 atom stereocenters. The van der Waals surface area contributed by atoms with Crippen LogP contribution < -0.4 is 10.1 Å². The normalized spacial score (nSPS) is 21.4. The SMILES string of the molecule is COc1ccc(CN2C(=O)CC[C@H]2C(=O)N2CCC[C@@H](CNC(=O)OC(C)(C)C)C2)cc1. The maximum atomic E-state index is 13.3. The second-order valence-corrected chi connectivity index (χ2v) is 9.60. The Balaban J connectivity index is 1.57. The van der Waals surface area contributed by atoms with Crippen molar-refractivity contribution in [2.24, 2.45) is 5.92 Å². The quantitative estimate of drug-likeness (QED) is 0.727. The Morgan fingerprint density at radius 2 is 1.88 bits per heavy atom. The van der Waals surface area contributed by atoms with Gasteiger partial charge >= 0.3 is 6.09 Å². The van der Waals surface area contributed by atoms with Crippen molar-refractivity contribution in [2.75, 3.05) is 26.7 Å². The van der Waals surface area contributed by atoms with Crippen LogP contribution in [0.1, 0.15) is 52.0 Å². The number of methoxy groups -OCH3 is 1. The number of nitrogens with one attached hydrogen (secondary N) is 1. The van der Waals surface area contributed by atoms with Crippen molar-refractivity contribution in [1.29, 1.82) is 0 Å². The van der Waals surface area contributed by atoms with Crippen LogP contribution in [0.4, 0.5) is 4.79 Å². The minimum Gasteiger partial charge on any atom is -0.497 e. The molecule has 2 fully saturated rings. The standard InChI is InChI=1S/C24H35N3O5/c1-24(2,3)32-23(30)25-14-18-6-5-13-26(15-18)22(29)20-11-12-21(28)27(20)16-17-7-9-19(31-4)10-8-17/h7-10,18,20H,5-6,11-16H2,1-4H3,(H,25,30)/t18-,20-/m0/s1. The molecule has 0 bridgehead atoms. The van der Waals surface area contributed by atoms with Crippen molar-refractivity contribution in [3.05, 3.63) is 29.8 Å². The van der Waals surface area contributed by atoms with Crippen LogP contribution in [0, 0.1) is 5.92 Å². The van der Waals surface area contributed by atoms with E-state index < -0.39 is 17.7 Å². The summed E-state index contributed by atoms with van der Waals surface area (Å²) in [4.78, 5) is 41.4. The van der Waals surface area contributed by atoms with Crippen molar-refractivity contribution >= 4 is 17.9 Å². The van der Waals surface area contributed by atoms with Crippen molar-refractivity contribution in [1.82, 2.24) is 15.1 Å². The van der Waals surface area contributed by atoms with Gasteiger partial charge in [-0.05, 0) is 63.6 Å². The van der Waals surface area contributed by atoms with E-state index in [9.17, 15) is 14.4 Å². The van der Waals surface area contributed by atoms with Crippen molar-refractivity contribution in [3.8, 4) is 5.75 Å². The van der Waals surface area contributed by atoms with Gasteiger partial charge in [-0.25, -0.2) is 4.79 Å². The molecule has 1 aromatic carbocycles. The third-order valence-corrected chi connectivity index (χ3v) is 5.89. The van der Waals surface area contributed by atoms with Gasteiger partial charge in [-0.2, -0.15) is 0 Å². The smallest absolute Gasteiger partial charge is 0.407 e. The zero-order valence-electron chi connectivity index (χ0n) is 19.6. The third kappa shape index (κ3) is 6.37. The first kappa shape index (κ1) is 23.9. The van der Waals surface area contributed by atoms with Gasteiger partial charge in [-0.3, -0.25) is 9.59 Å². The topological polar surface area (TPSA) is 88.2 Å². The number of likely N-dealkylation sites (tertiary alicyclic amines) is 2. The van der Waals surface area contributed by atoms with Gasteiger partial charge in [0.15, 0.2) is 0 Å². The highest BCUT2D eigenvalue weighted by molar-refractivity contribution is 5.91. The van der Waals surface area contributed by atoms with Gasteiger partial charge in [-0.1, -0.05) is 12.1 Å². The maximum absolute atomic E-state index is 13.3. The minimum absolute atomic E-state index is 0.00586. The highest BCUT2D eigenvalue weighted by Gasteiger charge is 2.39. The molecule has 0 aliphatic carbocycles. The lowest BCUT2D eigenvalue weighted by molar-refractivity contribution is -0.143. The number of rotatable bonds is 6. The Morgan fingerprint density at radius 1 is 1.16 bits per heavy atom. The number of benzene rings is 1. The molecule has 0 spiro atoms. The van der Waals surface area contributed by atoms with Crippen LogP contribution >= 0.6 is 0 Å². The van der Waals surface area contributed by atoms with E-state index in [1.165, 1.54) is 0 Å². The monoisotopic (exact) mass is 445 g/mol. The average molecular weight is 446 g/mol. The molecule has 2 aliphatic heterocycles. The van der Waals surface area contributed by atoms with E-state index in [1.807, 2.05) is 49.9 Å². The summed E-state index contributed by atoms with van der Waals surface area (Å²) in [6, 6.07) is 7.14. The molecule has 8 nitrogen and oxygen atoms in total. The van der Waals surface area contributed by atoms with Gasteiger partial charge in [-0.15, -0.1) is 0 Å². The van der Waals surface area contributed by atoms with Crippen LogP contribution in [0.5, 0.6) is 5.75 Å². The van der Waals surface area contributed by atoms with Crippen LogP contribution in [-0.2, 0) is 20.9 Å². The number of amides is 3. The summed E-state index contributed by atoms with van der Waals surface area (Å²) in [6.45, 7) is 7.63. The minimum atomic E-state index is -0.541. The summed E-state index contributed by atoms with van der Waals surface area (Å²) >= 11 is 0. The lowest BCUT2D eigenvalue weighted by Crippen LogP contribution is -2.51. The molecule has 0 saturated carbocycles. The molecule has 176 valence electrons. The van der Waals surface area contributed by atoms with Gasteiger partial charge in [0, 0.05) is 32.6 Å². The molecule has 2 saturated heterocycles. The van der Waals surface area contributed by atoms with Gasteiger partial charge in [0.2, 0.25) is 11.8 Å². The Bertz CT molecular complexity index is 818. The molecular formula is C24H35N3O5. The van der Waals surface area contributed by atoms with E-state index in [0.717, 1.165) is 24.2 Å². The van der Waals surface area contributed by atoms with E-state index in [4.69, 9.17) is 9.47 Å². The Kier molecular flexibility index (Phi) is 7.64. The number of hydrogen-bond donors (Lipinski definition) is 1. The predicted molar refractivity (Wildman–Crippen MR) is 120 cm³/mol. The lowest BCUT2D eigenvalue weighted by atomic mass is 9.97. The Morgan fingerprint density at radius 3 is 2.53 bits per heavy atom. The van der Waals surface area contributed by atoms with Crippen LogP contribution in [-0.4, -0.2) is 66.1 Å². The second kappa shape index (κ2) is 10.2. The Labute approximate surface area is 190 Å². The van der Waals surface area contributed by atoms with Crippen LogP contribution in [0.15, 0.2) is 24.3 Å². The van der Waals surface area contributed by atoms with E-state index in [0.29, 0.717) is 39.0 Å². The highest BCUT2D eigenvalue weighted by atomic mass is 16.6. The fourth-order valence-electron chi connectivity index (χ4n) is 4.30. The molecule has 2 aliphatic rings. The first-order chi connectivity index (χ1) is 15.2. The van der Waals surface area contributed by atoms with Gasteiger partial charge in [0.1, 0.15) is 17.4 Å². The fraction of sp³-hybridized carbons (Fsp3) is 0.625. The van der Waals surface area contributed by atoms with Crippen molar-refractivity contribution < 1.29 is 23.9 Å². The van der Waals surface area contributed by atoms with Crippen molar-refractivity contribution in [2.45, 2.75) is 64.6 Å². The number of piperidine rings is 1. The summed E-state index contributed by atoms with van der Waals surface area (Å²) in [7, 11) is 1.61. The summed E-state index contributed by atoms with van der Waals surface area (Å²) in [6.07, 6.45) is 2.33. The van der Waals surface area contributed by atoms with Gasteiger partial charge in [0.25, 0.3) is 0 Å². The zero-order chi connectivity index (χ0) is 23.3. The molecule has 0 aromatic heterocycles. The van der Waals surface area contributed by atoms with Crippen molar-refractivity contribution in [3.63, 3.8) is 0 Å². The lowest BCUT2D eigenvalue weighted by Gasteiger charge is -2.36. The number of ether oxygens (including phenoxy) is 2. The zero-order valence-corrected chi connectivity index (χ0v) is 19.6. The molecule has 1 N–H and O–H groups in total. The van der Waals surface area contributed by atoms with E-state index in [1.54, 1.807) is 12.0 Å². The summed E-state index contributed by atoms with van der Waals surface area (Å²) in [5.41, 5.74) is 0.429. The van der Waals surface area contributed by atoms with E-state index >= 15 is 0 Å². The predicted octanol–water partition coefficient (Wildman–Crippen LogP) is 2.95. The second-order valence-electron chi connectivity index (χ2n) is 9.60. The van der Waals surface area contributed by atoms with Gasteiger partial charge < -0.3 is 24.6 Å². The number of alkyl carbamates (subject to hydrolysis) is 1. The van der Waals surface area contributed by atoms with E-state index in [2.05, 4.69) is 5.32 Å². The molecule has 3 amide bonds. The molecule has 8 heteroatoms. The number of carbonyl (C=O) groups excluding carboxylic acids is 3. The Hall–Kier alpha value is -2.77. The third-order valence-electron chi connectivity index (χ3n) is 5.89. The maximum Gasteiger partial charge on any atom is 0.407 e. The van der Waals surface area contributed by atoms with Gasteiger partial charge in [0.05, 0.1) is 7.11 Å². The first-order valence-electron chi connectivity index (χ1n) is 11.3. The summed E-state index contributed by atoms with van der Waals surface area (Å²) in [5, 5.41) is 2.82. The number of nitrogens with zero attached hydrogens (tertiary/aromatic N) is 2. The van der Waals surface area contributed by atoms with Crippen LogP contribution in [0.25, 0.3) is 0 Å². The molecule has 1 aromatic rings. The van der Waals surface area contributed by atoms with Crippen LogP contribution in [0.3, 0.4) is 0 Å². The number of hydrogen-bond acceptors (Lipinski definition) is 5. The summed E-state index contributed by atoms with van der Waals surface area (Å²) < 4.78 is 10.5. The molecule has 0 radical (unpaired) electrons. The molecule has 32 heavy (non-hydrogen) atoms. The first-order valence-corrected chi connectivity index (χ1v) is 11.3. The van der Waals surface area contributed by atoms with Crippen LogP contribution in [0.2, 0.25) is 0 Å². The number of carbonyl (C=O) groups is 3. The van der Waals surface area contributed by atoms with E-state index in [-0.39, 0.29) is 17.7 Å². The largest absolute Gasteiger partial charge is 0.497 e. The highest BCUT2D eigenvalue weighted by Crippen LogP contribution is 2.26. The molecule has 2 heterocycles. The average Bonchev–Trinajstić information content (AvgIpc) is 3.11.